The highest BCUT2D eigenvalue weighted by atomic mass is 35.5. The third-order valence-electron chi connectivity index (χ3n) is 4.34. The zero-order chi connectivity index (χ0) is 10.3. The summed E-state index contributed by atoms with van der Waals surface area (Å²) in [6.07, 6.45) is 7.74. The highest BCUT2D eigenvalue weighted by Gasteiger charge is 2.39. The molecule has 0 saturated heterocycles. The van der Waals surface area contributed by atoms with E-state index in [4.69, 9.17) is 5.73 Å². The van der Waals surface area contributed by atoms with Gasteiger partial charge in [-0.3, -0.25) is 0 Å². The second kappa shape index (κ2) is 4.38. The smallest absolute Gasteiger partial charge is 0.00392 e. The zero-order valence-electron chi connectivity index (χ0n) is 9.61. The Labute approximate surface area is 104 Å². The molecule has 3 rings (SSSR count). The first-order valence-electron chi connectivity index (χ1n) is 6.10. The standard InChI is InChI=1S/C14H19N.ClH/c15-13-5-7-14(8-6-13)9-11-3-1-2-4-12(11)10-14;/h1-4,13H,5-10,15H2;1H. The van der Waals surface area contributed by atoms with E-state index in [1.165, 1.54) is 38.5 Å². The Morgan fingerprint density at radius 2 is 1.50 bits per heavy atom. The van der Waals surface area contributed by atoms with Crippen LogP contribution in [0.25, 0.3) is 0 Å². The molecule has 1 spiro atoms. The molecule has 2 heteroatoms. The molecule has 0 aromatic heterocycles. The number of benzene rings is 1. The van der Waals surface area contributed by atoms with Crippen LogP contribution in [0.15, 0.2) is 24.3 Å². The maximum absolute atomic E-state index is 5.99. The summed E-state index contributed by atoms with van der Waals surface area (Å²) in [5.74, 6) is 0. The average molecular weight is 238 g/mol. The van der Waals surface area contributed by atoms with Gasteiger partial charge in [0.2, 0.25) is 0 Å². The first-order chi connectivity index (χ1) is 7.27. The molecule has 0 atom stereocenters. The molecule has 1 fully saturated rings. The summed E-state index contributed by atoms with van der Waals surface area (Å²) in [6, 6.07) is 9.43. The Hall–Kier alpha value is -0.530. The number of hydrogen-bond donors (Lipinski definition) is 1. The van der Waals surface area contributed by atoms with Gasteiger partial charge in [0, 0.05) is 6.04 Å². The van der Waals surface area contributed by atoms with Crippen molar-refractivity contribution in [2.75, 3.05) is 0 Å². The second-order valence-corrected chi connectivity index (χ2v) is 5.46. The molecule has 0 aliphatic heterocycles. The first kappa shape index (κ1) is 11.9. The lowest BCUT2D eigenvalue weighted by atomic mass is 9.71. The summed E-state index contributed by atoms with van der Waals surface area (Å²) in [6.45, 7) is 0. The predicted molar refractivity (Wildman–Crippen MR) is 70.0 cm³/mol. The first-order valence-corrected chi connectivity index (χ1v) is 6.10. The van der Waals surface area contributed by atoms with Gasteiger partial charge in [-0.05, 0) is 55.1 Å². The van der Waals surface area contributed by atoms with Crippen molar-refractivity contribution in [1.29, 1.82) is 0 Å². The molecule has 0 amide bonds. The van der Waals surface area contributed by atoms with E-state index in [2.05, 4.69) is 24.3 Å². The van der Waals surface area contributed by atoms with Gasteiger partial charge in [-0.25, -0.2) is 0 Å². The zero-order valence-corrected chi connectivity index (χ0v) is 10.4. The second-order valence-electron chi connectivity index (χ2n) is 5.46. The molecular formula is C14H20ClN. The van der Waals surface area contributed by atoms with Crippen molar-refractivity contribution in [1.82, 2.24) is 0 Å². The van der Waals surface area contributed by atoms with Gasteiger partial charge < -0.3 is 5.73 Å². The summed E-state index contributed by atoms with van der Waals surface area (Å²) in [7, 11) is 0. The molecule has 2 aliphatic carbocycles. The molecular weight excluding hydrogens is 218 g/mol. The fourth-order valence-corrected chi connectivity index (χ4v) is 3.38. The van der Waals surface area contributed by atoms with Gasteiger partial charge in [-0.1, -0.05) is 24.3 Å². The van der Waals surface area contributed by atoms with Crippen LogP contribution in [0.2, 0.25) is 0 Å². The monoisotopic (exact) mass is 237 g/mol. The fourth-order valence-electron chi connectivity index (χ4n) is 3.38. The van der Waals surface area contributed by atoms with Crippen LogP contribution in [-0.4, -0.2) is 6.04 Å². The van der Waals surface area contributed by atoms with Crippen LogP contribution < -0.4 is 5.73 Å². The molecule has 1 aromatic rings. The molecule has 1 saturated carbocycles. The minimum Gasteiger partial charge on any atom is -0.328 e. The number of hydrogen-bond acceptors (Lipinski definition) is 1. The molecule has 0 unspecified atom stereocenters. The number of nitrogens with two attached hydrogens (primary N) is 1. The Morgan fingerprint density at radius 3 is 2.00 bits per heavy atom. The molecule has 88 valence electrons. The molecule has 0 radical (unpaired) electrons. The Bertz CT molecular complexity index is 340. The molecule has 2 aliphatic rings. The van der Waals surface area contributed by atoms with E-state index in [0.717, 1.165) is 0 Å². The highest BCUT2D eigenvalue weighted by molar-refractivity contribution is 5.85. The van der Waals surface area contributed by atoms with E-state index < -0.39 is 0 Å². The van der Waals surface area contributed by atoms with Crippen molar-refractivity contribution in [3.63, 3.8) is 0 Å². The lowest BCUT2D eigenvalue weighted by Crippen LogP contribution is -2.34. The minimum atomic E-state index is 0. The summed E-state index contributed by atoms with van der Waals surface area (Å²) < 4.78 is 0. The predicted octanol–water partition coefficient (Wildman–Crippen LogP) is 3.09. The van der Waals surface area contributed by atoms with Gasteiger partial charge in [-0.2, -0.15) is 0 Å². The van der Waals surface area contributed by atoms with Gasteiger partial charge in [0.05, 0.1) is 0 Å². The van der Waals surface area contributed by atoms with Gasteiger partial charge in [0.15, 0.2) is 0 Å². The quantitative estimate of drug-likeness (QED) is 0.737. The lowest BCUT2D eigenvalue weighted by Gasteiger charge is -2.36. The van der Waals surface area contributed by atoms with E-state index in [1.807, 2.05) is 0 Å². The fraction of sp³-hybridized carbons (Fsp3) is 0.571. The van der Waals surface area contributed by atoms with Crippen LogP contribution in [0, 0.1) is 5.41 Å². The Kier molecular flexibility index (Phi) is 3.27. The van der Waals surface area contributed by atoms with E-state index in [9.17, 15) is 0 Å². The highest BCUT2D eigenvalue weighted by Crippen LogP contribution is 2.46. The maximum Gasteiger partial charge on any atom is 0.00392 e. The molecule has 16 heavy (non-hydrogen) atoms. The van der Waals surface area contributed by atoms with Crippen molar-refractivity contribution in [2.24, 2.45) is 11.1 Å². The summed E-state index contributed by atoms with van der Waals surface area (Å²) in [5.41, 5.74) is 9.76. The van der Waals surface area contributed by atoms with Crippen LogP contribution >= 0.6 is 12.4 Å². The molecule has 2 N–H and O–H groups in total. The molecule has 1 nitrogen and oxygen atoms in total. The van der Waals surface area contributed by atoms with E-state index in [-0.39, 0.29) is 12.4 Å². The van der Waals surface area contributed by atoms with Gasteiger partial charge in [0.25, 0.3) is 0 Å². The van der Waals surface area contributed by atoms with Gasteiger partial charge >= 0.3 is 0 Å². The normalized spacial score (nSPS) is 22.8. The number of fused-ring (bicyclic) bond motifs is 1. The Morgan fingerprint density at radius 1 is 1.00 bits per heavy atom. The van der Waals surface area contributed by atoms with Crippen molar-refractivity contribution in [3.8, 4) is 0 Å². The largest absolute Gasteiger partial charge is 0.328 e. The lowest BCUT2D eigenvalue weighted by molar-refractivity contribution is 0.187. The summed E-state index contributed by atoms with van der Waals surface area (Å²) in [5, 5.41) is 0. The molecule has 0 bridgehead atoms. The van der Waals surface area contributed by atoms with Crippen molar-refractivity contribution in [2.45, 2.75) is 44.6 Å². The van der Waals surface area contributed by atoms with E-state index >= 15 is 0 Å². The van der Waals surface area contributed by atoms with Crippen molar-refractivity contribution < 1.29 is 0 Å². The van der Waals surface area contributed by atoms with Gasteiger partial charge in [0.1, 0.15) is 0 Å². The van der Waals surface area contributed by atoms with E-state index in [1.54, 1.807) is 11.1 Å². The number of halogens is 1. The minimum absolute atomic E-state index is 0. The van der Waals surface area contributed by atoms with Crippen LogP contribution in [0.4, 0.5) is 0 Å². The van der Waals surface area contributed by atoms with E-state index in [0.29, 0.717) is 11.5 Å². The molecule has 0 heterocycles. The topological polar surface area (TPSA) is 26.0 Å². The van der Waals surface area contributed by atoms with Crippen molar-refractivity contribution >= 4 is 12.4 Å². The molecule has 1 aromatic carbocycles. The average Bonchev–Trinajstić information content (AvgIpc) is 2.61. The van der Waals surface area contributed by atoms with Crippen LogP contribution in [0.3, 0.4) is 0 Å². The maximum atomic E-state index is 5.99. The van der Waals surface area contributed by atoms with Crippen molar-refractivity contribution in [3.05, 3.63) is 35.4 Å². The van der Waals surface area contributed by atoms with Crippen LogP contribution in [0.1, 0.15) is 36.8 Å². The third kappa shape index (κ3) is 1.99. The third-order valence-corrected chi connectivity index (χ3v) is 4.34. The number of rotatable bonds is 0. The van der Waals surface area contributed by atoms with Gasteiger partial charge in [-0.15, -0.1) is 12.4 Å². The SMILES string of the molecule is Cl.NC1CCC2(CC1)Cc1ccccc1C2. The Balaban J connectivity index is 0.000000963. The summed E-state index contributed by atoms with van der Waals surface area (Å²) >= 11 is 0. The van der Waals surface area contributed by atoms with Crippen LogP contribution in [-0.2, 0) is 12.8 Å². The van der Waals surface area contributed by atoms with Crippen LogP contribution in [0.5, 0.6) is 0 Å². The summed E-state index contributed by atoms with van der Waals surface area (Å²) in [4.78, 5) is 0.